The van der Waals surface area contributed by atoms with Crippen LogP contribution >= 0.6 is 0 Å². The Hall–Kier alpha value is -1.87. The molecule has 0 amide bonds. The lowest BCUT2D eigenvalue weighted by Gasteiger charge is -2.32. The van der Waals surface area contributed by atoms with Crippen LogP contribution in [-0.4, -0.2) is 23.6 Å². The number of aliphatic hydroxyl groups excluding tert-OH is 1. The highest BCUT2D eigenvalue weighted by atomic mass is 16.5. The van der Waals surface area contributed by atoms with E-state index in [0.717, 1.165) is 19.3 Å². The molecule has 0 radical (unpaired) electrons. The summed E-state index contributed by atoms with van der Waals surface area (Å²) in [5, 5.41) is 10.3. The average Bonchev–Trinajstić information content (AvgIpc) is 2.53. The number of benzene rings is 1. The summed E-state index contributed by atoms with van der Waals surface area (Å²) in [6.45, 7) is 2.12. The van der Waals surface area contributed by atoms with Crippen molar-refractivity contribution in [3.63, 3.8) is 0 Å². The van der Waals surface area contributed by atoms with Crippen LogP contribution in [0.15, 0.2) is 48.1 Å². The third-order valence-corrected chi connectivity index (χ3v) is 3.98. The summed E-state index contributed by atoms with van der Waals surface area (Å²) in [6.07, 6.45) is 6.79. The summed E-state index contributed by atoms with van der Waals surface area (Å²) in [4.78, 5) is 12.4. The van der Waals surface area contributed by atoms with Crippen molar-refractivity contribution in [2.75, 3.05) is 7.11 Å². The highest BCUT2D eigenvalue weighted by molar-refractivity contribution is 6.05. The highest BCUT2D eigenvalue weighted by Gasteiger charge is 2.34. The van der Waals surface area contributed by atoms with Crippen LogP contribution in [0.4, 0.5) is 0 Å². The maximum atomic E-state index is 12.4. The number of methoxy groups -OCH3 is 1. The summed E-state index contributed by atoms with van der Waals surface area (Å²) in [5.74, 6) is -0.0335. The van der Waals surface area contributed by atoms with Crippen LogP contribution < -0.4 is 0 Å². The van der Waals surface area contributed by atoms with Gasteiger partial charge < -0.3 is 9.84 Å². The molecule has 0 heterocycles. The molecule has 21 heavy (non-hydrogen) atoms. The van der Waals surface area contributed by atoms with Crippen molar-refractivity contribution in [2.24, 2.45) is 0 Å². The fourth-order valence-corrected chi connectivity index (χ4v) is 2.61. The molecule has 2 rings (SSSR count). The van der Waals surface area contributed by atoms with Crippen molar-refractivity contribution in [1.29, 1.82) is 0 Å². The number of aliphatic hydroxyl groups is 1. The molecule has 1 aromatic rings. The van der Waals surface area contributed by atoms with E-state index in [9.17, 15) is 9.90 Å². The minimum Gasteiger partial charge on any atom is -0.507 e. The van der Waals surface area contributed by atoms with Crippen molar-refractivity contribution in [1.82, 2.24) is 0 Å². The predicted molar refractivity (Wildman–Crippen MR) is 84.0 cm³/mol. The SMILES string of the molecule is CCCCC1(OC)C=CC(=C(O)c2ccccc2)C(=O)C1. The van der Waals surface area contributed by atoms with Crippen LogP contribution in [0.5, 0.6) is 0 Å². The zero-order chi connectivity index (χ0) is 15.3. The Labute approximate surface area is 125 Å². The second-order valence-corrected chi connectivity index (χ2v) is 5.43. The van der Waals surface area contributed by atoms with Crippen LogP contribution in [-0.2, 0) is 9.53 Å². The minimum atomic E-state index is -0.520. The third-order valence-electron chi connectivity index (χ3n) is 3.98. The van der Waals surface area contributed by atoms with E-state index in [0.29, 0.717) is 11.1 Å². The Kier molecular flexibility index (Phi) is 4.97. The smallest absolute Gasteiger partial charge is 0.169 e. The van der Waals surface area contributed by atoms with E-state index < -0.39 is 5.60 Å². The number of allylic oxidation sites excluding steroid dienone is 2. The van der Waals surface area contributed by atoms with E-state index in [1.807, 2.05) is 24.3 Å². The van der Waals surface area contributed by atoms with Gasteiger partial charge in [-0.2, -0.15) is 0 Å². The first-order valence-corrected chi connectivity index (χ1v) is 7.38. The van der Waals surface area contributed by atoms with Crippen molar-refractivity contribution >= 4 is 11.5 Å². The number of carbonyl (C=O) groups excluding carboxylic acids is 1. The molecule has 112 valence electrons. The first kappa shape index (κ1) is 15.5. The van der Waals surface area contributed by atoms with Gasteiger partial charge in [0.05, 0.1) is 11.2 Å². The van der Waals surface area contributed by atoms with Crippen molar-refractivity contribution < 1.29 is 14.6 Å². The molecular formula is C18H22O3. The highest BCUT2D eigenvalue weighted by Crippen LogP contribution is 2.33. The average molecular weight is 286 g/mol. The Bertz CT molecular complexity index is 557. The van der Waals surface area contributed by atoms with Crippen LogP contribution in [0.2, 0.25) is 0 Å². The molecule has 3 heteroatoms. The van der Waals surface area contributed by atoms with Crippen molar-refractivity contribution in [2.45, 2.75) is 38.2 Å². The summed E-state index contributed by atoms with van der Waals surface area (Å²) < 4.78 is 5.57. The maximum absolute atomic E-state index is 12.4. The molecule has 0 saturated carbocycles. The summed E-state index contributed by atoms with van der Waals surface area (Å²) >= 11 is 0. The number of ketones is 1. The number of carbonyl (C=O) groups is 1. The fraction of sp³-hybridized carbons (Fsp3) is 0.389. The van der Waals surface area contributed by atoms with Gasteiger partial charge in [0, 0.05) is 19.1 Å². The molecule has 0 aromatic heterocycles. The number of hydrogen-bond donors (Lipinski definition) is 1. The van der Waals surface area contributed by atoms with Gasteiger partial charge in [-0.05, 0) is 12.5 Å². The second-order valence-electron chi connectivity index (χ2n) is 5.43. The summed E-state index contributed by atoms with van der Waals surface area (Å²) in [7, 11) is 1.64. The molecule has 0 spiro atoms. The Morgan fingerprint density at radius 2 is 2.05 bits per heavy atom. The van der Waals surface area contributed by atoms with E-state index in [2.05, 4.69) is 6.92 Å². The van der Waals surface area contributed by atoms with Gasteiger partial charge >= 0.3 is 0 Å². The molecule has 0 fully saturated rings. The fourth-order valence-electron chi connectivity index (χ4n) is 2.61. The molecular weight excluding hydrogens is 264 g/mol. The van der Waals surface area contributed by atoms with Gasteiger partial charge in [0.15, 0.2) is 5.78 Å². The molecule has 1 N–H and O–H groups in total. The molecule has 3 nitrogen and oxygen atoms in total. The largest absolute Gasteiger partial charge is 0.507 e. The van der Waals surface area contributed by atoms with Gasteiger partial charge in [-0.3, -0.25) is 4.79 Å². The van der Waals surface area contributed by atoms with E-state index in [-0.39, 0.29) is 18.0 Å². The van der Waals surface area contributed by atoms with Gasteiger partial charge in [-0.1, -0.05) is 56.2 Å². The molecule has 1 unspecified atom stereocenters. The lowest BCUT2D eigenvalue weighted by atomic mass is 9.82. The predicted octanol–water partition coefficient (Wildman–Crippen LogP) is 4.06. The maximum Gasteiger partial charge on any atom is 0.169 e. The quantitative estimate of drug-likeness (QED) is 0.656. The normalized spacial score (nSPS) is 24.2. The molecule has 0 saturated heterocycles. The number of hydrogen-bond acceptors (Lipinski definition) is 3. The summed E-state index contributed by atoms with van der Waals surface area (Å²) in [6, 6.07) is 9.13. The Balaban J connectivity index is 2.31. The monoisotopic (exact) mass is 286 g/mol. The van der Waals surface area contributed by atoms with Crippen LogP contribution in [0, 0.1) is 0 Å². The molecule has 1 atom stereocenters. The molecule has 0 bridgehead atoms. The van der Waals surface area contributed by atoms with Gasteiger partial charge in [0.25, 0.3) is 0 Å². The van der Waals surface area contributed by atoms with Crippen LogP contribution in [0.1, 0.15) is 38.2 Å². The van der Waals surface area contributed by atoms with Gasteiger partial charge in [-0.25, -0.2) is 0 Å². The first-order valence-electron chi connectivity index (χ1n) is 7.38. The lowest BCUT2D eigenvalue weighted by Crippen LogP contribution is -2.35. The number of ether oxygens (including phenoxy) is 1. The summed E-state index contributed by atoms with van der Waals surface area (Å²) in [5.41, 5.74) is 0.502. The van der Waals surface area contributed by atoms with E-state index in [1.165, 1.54) is 0 Å². The molecule has 1 aliphatic carbocycles. The standard InChI is InChI=1S/C18H22O3/c1-3-4-11-18(21-2)12-10-15(16(19)13-18)17(20)14-8-6-5-7-9-14/h5-10,12,20H,3-4,11,13H2,1-2H3. The van der Waals surface area contributed by atoms with Crippen molar-refractivity contribution in [3.05, 3.63) is 53.6 Å². The molecule has 1 aromatic carbocycles. The second kappa shape index (κ2) is 6.72. The minimum absolute atomic E-state index is 0.0389. The molecule has 0 aliphatic heterocycles. The van der Waals surface area contributed by atoms with Crippen molar-refractivity contribution in [3.8, 4) is 0 Å². The van der Waals surface area contributed by atoms with E-state index in [1.54, 1.807) is 25.3 Å². The van der Waals surface area contributed by atoms with Gasteiger partial charge in [0.2, 0.25) is 0 Å². The van der Waals surface area contributed by atoms with Gasteiger partial charge in [0.1, 0.15) is 5.76 Å². The van der Waals surface area contributed by atoms with Crippen LogP contribution in [0.25, 0.3) is 5.76 Å². The topological polar surface area (TPSA) is 46.5 Å². The van der Waals surface area contributed by atoms with Gasteiger partial charge in [-0.15, -0.1) is 0 Å². The zero-order valence-corrected chi connectivity index (χ0v) is 12.6. The molecule has 1 aliphatic rings. The number of Topliss-reactive ketones (excluding diaryl/α,β-unsaturated/α-hetero) is 1. The van der Waals surface area contributed by atoms with Crippen LogP contribution in [0.3, 0.4) is 0 Å². The number of unbranched alkanes of at least 4 members (excludes halogenated alkanes) is 1. The third kappa shape index (κ3) is 3.42. The lowest BCUT2D eigenvalue weighted by molar-refractivity contribution is -0.120. The van der Waals surface area contributed by atoms with E-state index >= 15 is 0 Å². The zero-order valence-electron chi connectivity index (χ0n) is 12.6. The number of rotatable bonds is 5. The Morgan fingerprint density at radius 3 is 2.62 bits per heavy atom. The Morgan fingerprint density at radius 1 is 1.33 bits per heavy atom. The first-order chi connectivity index (χ1) is 10.1. The van der Waals surface area contributed by atoms with E-state index in [4.69, 9.17) is 4.74 Å².